The number of amides is 3. The highest BCUT2D eigenvalue weighted by atomic mass is 16.6. The van der Waals surface area contributed by atoms with Gasteiger partial charge in [0.15, 0.2) is 0 Å². The van der Waals surface area contributed by atoms with E-state index in [2.05, 4.69) is 24.1 Å². The van der Waals surface area contributed by atoms with Gasteiger partial charge in [-0.15, -0.1) is 6.58 Å². The van der Waals surface area contributed by atoms with E-state index in [0.29, 0.717) is 18.5 Å². The third kappa shape index (κ3) is 10.4. The smallest absolute Gasteiger partial charge is 0.408 e. The summed E-state index contributed by atoms with van der Waals surface area (Å²) in [6.45, 7) is 15.4. The fourth-order valence-corrected chi connectivity index (χ4v) is 3.66. The van der Waals surface area contributed by atoms with Crippen LogP contribution >= 0.6 is 0 Å². The van der Waals surface area contributed by atoms with Gasteiger partial charge in [0.1, 0.15) is 23.4 Å². The topological polar surface area (TPSA) is 108 Å². The molecule has 1 rings (SSSR count). The first-order valence-electron chi connectivity index (χ1n) is 12.4. The Morgan fingerprint density at radius 3 is 2.37 bits per heavy atom. The molecule has 8 nitrogen and oxygen atoms in total. The normalized spacial score (nSPS) is 13.0. The molecule has 0 aliphatic heterocycles. The minimum atomic E-state index is -1.10. The van der Waals surface area contributed by atoms with Crippen molar-refractivity contribution >= 4 is 17.9 Å². The molecule has 2 atom stereocenters. The lowest BCUT2D eigenvalue weighted by molar-refractivity contribution is -0.142. The summed E-state index contributed by atoms with van der Waals surface area (Å²) in [7, 11) is 0. The molecular formula is C27H43N3O5. The zero-order valence-electron chi connectivity index (χ0n) is 22.1. The molecule has 0 saturated carbocycles. The maximum atomic E-state index is 13.8. The van der Waals surface area contributed by atoms with Gasteiger partial charge in [-0.25, -0.2) is 4.79 Å². The van der Waals surface area contributed by atoms with Crippen LogP contribution in [0.4, 0.5) is 4.79 Å². The number of rotatable bonds is 13. The van der Waals surface area contributed by atoms with Crippen LogP contribution < -0.4 is 10.6 Å². The number of phenols is 1. The second kappa shape index (κ2) is 14.4. The van der Waals surface area contributed by atoms with Gasteiger partial charge in [0.25, 0.3) is 0 Å². The molecule has 1 aromatic rings. The maximum absolute atomic E-state index is 13.8. The zero-order chi connectivity index (χ0) is 26.6. The second-order valence-corrected chi connectivity index (χ2v) is 10.1. The van der Waals surface area contributed by atoms with Gasteiger partial charge in [-0.3, -0.25) is 9.59 Å². The van der Waals surface area contributed by atoms with Gasteiger partial charge >= 0.3 is 6.09 Å². The highest BCUT2D eigenvalue weighted by Crippen LogP contribution is 2.30. The summed E-state index contributed by atoms with van der Waals surface area (Å²) in [5.41, 5.74) is -0.427. The van der Waals surface area contributed by atoms with Gasteiger partial charge in [-0.05, 0) is 45.6 Å². The van der Waals surface area contributed by atoms with Gasteiger partial charge in [-0.2, -0.15) is 0 Å². The van der Waals surface area contributed by atoms with E-state index >= 15 is 0 Å². The summed E-state index contributed by atoms with van der Waals surface area (Å²) >= 11 is 0. The van der Waals surface area contributed by atoms with E-state index in [1.54, 1.807) is 39.0 Å². The van der Waals surface area contributed by atoms with E-state index in [1.165, 1.54) is 17.0 Å². The molecule has 1 aromatic carbocycles. The number of para-hydroxylation sites is 1. The number of carbonyl (C=O) groups excluding carboxylic acids is 3. The van der Waals surface area contributed by atoms with E-state index < -0.39 is 35.6 Å². The minimum Gasteiger partial charge on any atom is -0.508 e. The first kappa shape index (κ1) is 30.0. The summed E-state index contributed by atoms with van der Waals surface area (Å²) in [5.74, 6) is -0.876. The van der Waals surface area contributed by atoms with Crippen LogP contribution in [-0.4, -0.2) is 52.6 Å². The van der Waals surface area contributed by atoms with Crippen LogP contribution in [0, 0.1) is 5.92 Å². The molecule has 0 aromatic heterocycles. The monoisotopic (exact) mass is 489 g/mol. The third-order valence-corrected chi connectivity index (χ3v) is 5.18. The summed E-state index contributed by atoms with van der Waals surface area (Å²) in [4.78, 5) is 41.1. The predicted molar refractivity (Wildman–Crippen MR) is 138 cm³/mol. The van der Waals surface area contributed by atoms with Crippen LogP contribution in [0.5, 0.6) is 5.75 Å². The Hall–Kier alpha value is -3.03. The maximum Gasteiger partial charge on any atom is 0.408 e. The number of hydrogen-bond donors (Lipinski definition) is 3. The summed E-state index contributed by atoms with van der Waals surface area (Å²) in [6, 6.07) is 4.43. The predicted octanol–water partition coefficient (Wildman–Crippen LogP) is 4.69. The van der Waals surface area contributed by atoms with E-state index in [9.17, 15) is 19.5 Å². The molecule has 3 amide bonds. The highest BCUT2D eigenvalue weighted by molar-refractivity contribution is 5.92. The molecule has 0 aliphatic rings. The lowest BCUT2D eigenvalue weighted by Crippen LogP contribution is -2.53. The molecule has 0 saturated heterocycles. The summed E-state index contributed by atoms with van der Waals surface area (Å²) < 4.78 is 5.37. The quantitative estimate of drug-likeness (QED) is 0.275. The van der Waals surface area contributed by atoms with Gasteiger partial charge in [-0.1, -0.05) is 57.9 Å². The lowest BCUT2D eigenvalue weighted by atomic mass is 9.98. The lowest BCUT2D eigenvalue weighted by Gasteiger charge is -2.34. The van der Waals surface area contributed by atoms with Gasteiger partial charge in [0.05, 0.1) is 0 Å². The Balaban J connectivity index is 3.37. The number of ether oxygens (including phenoxy) is 1. The molecule has 196 valence electrons. The van der Waals surface area contributed by atoms with Crippen LogP contribution in [0.1, 0.15) is 78.8 Å². The van der Waals surface area contributed by atoms with Crippen molar-refractivity contribution in [3.63, 3.8) is 0 Å². The van der Waals surface area contributed by atoms with E-state index in [1.807, 2.05) is 13.8 Å². The number of unbranched alkanes of at least 4 members (excludes halogenated alkanes) is 2. The van der Waals surface area contributed by atoms with Crippen molar-refractivity contribution in [1.82, 2.24) is 15.5 Å². The standard InChI is InChI=1S/C27H43N3O5/c1-8-10-13-16-28-24(32)23(20-14-11-12-15-22(20)31)30(17-9-2)25(33)21(18-19(3)4)29-26(34)35-27(5,6)7/h9,11-12,14-15,19,21,23,31H,2,8,10,13,16-18H2,1,3-7H3,(H,28,32)(H,29,34). The van der Waals surface area contributed by atoms with Crippen LogP contribution in [0.3, 0.4) is 0 Å². The van der Waals surface area contributed by atoms with Gasteiger partial charge in [0.2, 0.25) is 11.8 Å². The molecule has 3 N–H and O–H groups in total. The number of hydrogen-bond acceptors (Lipinski definition) is 5. The molecule has 8 heteroatoms. The molecule has 2 unspecified atom stereocenters. The number of carbonyl (C=O) groups is 3. The van der Waals surface area contributed by atoms with Crippen molar-refractivity contribution in [2.45, 2.75) is 84.9 Å². The van der Waals surface area contributed by atoms with E-state index in [0.717, 1.165) is 19.3 Å². The Kier molecular flexibility index (Phi) is 12.3. The molecule has 0 fully saturated rings. The third-order valence-electron chi connectivity index (χ3n) is 5.18. The van der Waals surface area contributed by atoms with Crippen LogP contribution in [-0.2, 0) is 14.3 Å². The van der Waals surface area contributed by atoms with Crippen molar-refractivity contribution in [3.05, 3.63) is 42.5 Å². The van der Waals surface area contributed by atoms with Gasteiger partial charge in [0, 0.05) is 18.7 Å². The Labute approximate surface area is 210 Å². The summed E-state index contributed by atoms with van der Waals surface area (Å²) in [6.07, 6.45) is 3.94. The van der Waals surface area contributed by atoms with Gasteiger partial charge < -0.3 is 25.4 Å². The number of alkyl carbamates (subject to hydrolysis) is 1. The van der Waals surface area contributed by atoms with Crippen LogP contribution in [0.2, 0.25) is 0 Å². The SMILES string of the molecule is C=CCN(C(=O)C(CC(C)C)NC(=O)OC(C)(C)C)C(C(=O)NCCCCC)c1ccccc1O. The fraction of sp³-hybridized carbons (Fsp3) is 0.593. The number of phenolic OH excluding ortho intramolecular Hbond substituents is 1. The Bertz CT molecular complexity index is 847. The van der Waals surface area contributed by atoms with Crippen LogP contribution in [0.25, 0.3) is 0 Å². The largest absolute Gasteiger partial charge is 0.508 e. The molecule has 35 heavy (non-hydrogen) atoms. The Morgan fingerprint density at radius 2 is 1.83 bits per heavy atom. The molecule has 0 heterocycles. The van der Waals surface area contributed by atoms with Crippen molar-refractivity contribution in [1.29, 1.82) is 0 Å². The second-order valence-electron chi connectivity index (χ2n) is 10.1. The molecule has 0 spiro atoms. The molecule has 0 radical (unpaired) electrons. The van der Waals surface area contributed by atoms with Crippen molar-refractivity contribution < 1.29 is 24.2 Å². The summed E-state index contributed by atoms with van der Waals surface area (Å²) in [5, 5.41) is 16.1. The van der Waals surface area contributed by atoms with Crippen molar-refractivity contribution in [2.24, 2.45) is 5.92 Å². The minimum absolute atomic E-state index is 0.0464. The molecule has 0 bridgehead atoms. The zero-order valence-corrected chi connectivity index (χ0v) is 22.1. The van der Waals surface area contributed by atoms with Crippen LogP contribution in [0.15, 0.2) is 36.9 Å². The average Bonchev–Trinajstić information content (AvgIpc) is 2.75. The fourth-order valence-electron chi connectivity index (χ4n) is 3.66. The van der Waals surface area contributed by atoms with Crippen molar-refractivity contribution in [3.8, 4) is 5.75 Å². The average molecular weight is 490 g/mol. The van der Waals surface area contributed by atoms with Crippen molar-refractivity contribution in [2.75, 3.05) is 13.1 Å². The van der Waals surface area contributed by atoms with E-state index in [4.69, 9.17) is 4.74 Å². The first-order chi connectivity index (χ1) is 16.4. The molecular weight excluding hydrogens is 446 g/mol. The number of nitrogens with one attached hydrogen (secondary N) is 2. The molecule has 0 aliphatic carbocycles. The number of benzene rings is 1. The Morgan fingerprint density at radius 1 is 1.17 bits per heavy atom. The number of aromatic hydroxyl groups is 1. The first-order valence-corrected chi connectivity index (χ1v) is 12.4. The number of nitrogens with zero attached hydrogens (tertiary/aromatic N) is 1. The van der Waals surface area contributed by atoms with E-state index in [-0.39, 0.29) is 18.2 Å². The highest BCUT2D eigenvalue weighted by Gasteiger charge is 2.37.